The van der Waals surface area contributed by atoms with Crippen molar-refractivity contribution in [2.45, 2.75) is 50.9 Å². The number of ether oxygens (including phenoxy) is 4. The number of carbonyl (C=O) groups is 2. The van der Waals surface area contributed by atoms with Gasteiger partial charge in [0.2, 0.25) is 0 Å². The van der Waals surface area contributed by atoms with Crippen molar-refractivity contribution in [1.82, 2.24) is 5.32 Å². The Balaban J connectivity index is 1.99. The molecule has 0 spiro atoms. The average Bonchev–Trinajstić information content (AvgIpc) is 2.92. The lowest BCUT2D eigenvalue weighted by atomic mass is 9.73. The number of nitrogens with one attached hydrogen (secondary N) is 1. The highest BCUT2D eigenvalue weighted by atomic mass is 16.6. The zero-order valence-corrected chi connectivity index (χ0v) is 16.9. The standard InChI is InChI=1S/C21H27NO6/c1-20(2,3)28-19(24)22-16-13-9-6-7-12-21(13,27-18(16)23)14-10-8-11-15(25-4)17(14)26-5/h7-8,10-13,16H,6,9H2,1-5H3,(H,22,24)/t13-,16-,21-/m0/s1. The van der Waals surface area contributed by atoms with Crippen LogP contribution in [0.4, 0.5) is 4.79 Å². The Bertz CT molecular complexity index is 797. The van der Waals surface area contributed by atoms with E-state index >= 15 is 0 Å². The molecule has 1 saturated heterocycles. The molecule has 1 aliphatic carbocycles. The van der Waals surface area contributed by atoms with Crippen LogP contribution in [-0.4, -0.2) is 37.9 Å². The fraction of sp³-hybridized carbons (Fsp3) is 0.524. The number of fused-ring (bicyclic) bond motifs is 1. The molecule has 7 heteroatoms. The molecule has 1 N–H and O–H groups in total. The van der Waals surface area contributed by atoms with Gasteiger partial charge in [0.25, 0.3) is 0 Å². The van der Waals surface area contributed by atoms with Gasteiger partial charge in [-0.3, -0.25) is 0 Å². The molecule has 1 fully saturated rings. The number of benzene rings is 1. The monoisotopic (exact) mass is 389 g/mol. The van der Waals surface area contributed by atoms with Crippen LogP contribution in [-0.2, 0) is 19.9 Å². The molecule has 1 heterocycles. The number of allylic oxidation sites excluding steroid dienone is 1. The van der Waals surface area contributed by atoms with Crippen LogP contribution in [0, 0.1) is 5.92 Å². The molecule has 152 valence electrons. The molecule has 1 aliphatic heterocycles. The van der Waals surface area contributed by atoms with Crippen LogP contribution in [0.25, 0.3) is 0 Å². The predicted molar refractivity (Wildman–Crippen MR) is 102 cm³/mol. The topological polar surface area (TPSA) is 83.1 Å². The number of alkyl carbamates (subject to hydrolysis) is 1. The van der Waals surface area contributed by atoms with Crippen LogP contribution >= 0.6 is 0 Å². The van der Waals surface area contributed by atoms with Gasteiger partial charge in [0.15, 0.2) is 17.1 Å². The molecule has 1 amide bonds. The van der Waals surface area contributed by atoms with Crippen LogP contribution in [0.3, 0.4) is 0 Å². The summed E-state index contributed by atoms with van der Waals surface area (Å²) in [6, 6.07) is 4.66. The van der Waals surface area contributed by atoms with Crippen molar-refractivity contribution in [2.75, 3.05) is 14.2 Å². The van der Waals surface area contributed by atoms with Gasteiger partial charge in [0.05, 0.1) is 14.2 Å². The van der Waals surface area contributed by atoms with Crippen molar-refractivity contribution < 1.29 is 28.5 Å². The van der Waals surface area contributed by atoms with Crippen LogP contribution < -0.4 is 14.8 Å². The Morgan fingerprint density at radius 3 is 2.64 bits per heavy atom. The van der Waals surface area contributed by atoms with E-state index in [0.717, 1.165) is 6.42 Å². The molecule has 0 unspecified atom stereocenters. The summed E-state index contributed by atoms with van der Waals surface area (Å²) in [7, 11) is 3.10. The summed E-state index contributed by atoms with van der Waals surface area (Å²) in [4.78, 5) is 25.1. The third kappa shape index (κ3) is 3.53. The minimum Gasteiger partial charge on any atom is -0.493 e. The van der Waals surface area contributed by atoms with Crippen molar-refractivity contribution >= 4 is 12.1 Å². The van der Waals surface area contributed by atoms with E-state index in [9.17, 15) is 9.59 Å². The van der Waals surface area contributed by atoms with E-state index in [1.54, 1.807) is 41.1 Å². The van der Waals surface area contributed by atoms with Gasteiger partial charge < -0.3 is 24.3 Å². The Morgan fingerprint density at radius 2 is 2.00 bits per heavy atom. The molecule has 2 aliphatic rings. The molecule has 0 saturated carbocycles. The van der Waals surface area contributed by atoms with Gasteiger partial charge in [-0.05, 0) is 45.8 Å². The van der Waals surface area contributed by atoms with Gasteiger partial charge in [-0.2, -0.15) is 0 Å². The SMILES string of the molecule is COc1cccc([C@]23C=CCC[C@H]2[C@H](NC(=O)OC(C)(C)C)C(=O)O3)c1OC. The number of hydrogen-bond donors (Lipinski definition) is 1. The molecular weight excluding hydrogens is 362 g/mol. The lowest BCUT2D eigenvalue weighted by Crippen LogP contribution is -2.47. The van der Waals surface area contributed by atoms with E-state index < -0.39 is 29.3 Å². The molecule has 28 heavy (non-hydrogen) atoms. The van der Waals surface area contributed by atoms with Crippen molar-refractivity contribution in [3.63, 3.8) is 0 Å². The Labute approximate surface area is 165 Å². The van der Waals surface area contributed by atoms with Crippen molar-refractivity contribution in [1.29, 1.82) is 0 Å². The summed E-state index contributed by atoms with van der Waals surface area (Å²) in [5, 5.41) is 2.70. The fourth-order valence-corrected chi connectivity index (χ4v) is 3.92. The molecule has 0 radical (unpaired) electrons. The third-order valence-electron chi connectivity index (χ3n) is 4.98. The maximum absolute atomic E-state index is 12.8. The third-order valence-corrected chi connectivity index (χ3v) is 4.98. The zero-order chi connectivity index (χ0) is 20.5. The second kappa shape index (κ2) is 7.37. The molecular formula is C21H27NO6. The maximum atomic E-state index is 12.8. The maximum Gasteiger partial charge on any atom is 0.408 e. The first-order valence-corrected chi connectivity index (χ1v) is 9.33. The van der Waals surface area contributed by atoms with Gasteiger partial charge in [-0.25, -0.2) is 9.59 Å². The van der Waals surface area contributed by atoms with Crippen LogP contribution in [0.2, 0.25) is 0 Å². The predicted octanol–water partition coefficient (Wildman–Crippen LogP) is 3.32. The zero-order valence-electron chi connectivity index (χ0n) is 16.9. The molecule has 0 bridgehead atoms. The smallest absolute Gasteiger partial charge is 0.408 e. The lowest BCUT2D eigenvalue weighted by molar-refractivity contribution is -0.147. The lowest BCUT2D eigenvalue weighted by Gasteiger charge is -2.36. The molecule has 3 rings (SSSR count). The largest absolute Gasteiger partial charge is 0.493 e. The second-order valence-electron chi connectivity index (χ2n) is 7.97. The molecule has 1 aromatic rings. The quantitative estimate of drug-likeness (QED) is 0.628. The molecule has 3 atom stereocenters. The van der Waals surface area contributed by atoms with Gasteiger partial charge in [0.1, 0.15) is 11.6 Å². The fourth-order valence-electron chi connectivity index (χ4n) is 3.92. The van der Waals surface area contributed by atoms with E-state index in [-0.39, 0.29) is 5.92 Å². The second-order valence-corrected chi connectivity index (χ2v) is 7.97. The van der Waals surface area contributed by atoms with E-state index in [4.69, 9.17) is 18.9 Å². The van der Waals surface area contributed by atoms with Crippen LogP contribution in [0.1, 0.15) is 39.2 Å². The average molecular weight is 389 g/mol. The number of hydrogen-bond acceptors (Lipinski definition) is 6. The normalized spacial score (nSPS) is 26.2. The number of carbonyl (C=O) groups excluding carboxylic acids is 2. The summed E-state index contributed by atoms with van der Waals surface area (Å²) in [5.41, 5.74) is -1.00. The highest BCUT2D eigenvalue weighted by Crippen LogP contribution is 2.52. The summed E-state index contributed by atoms with van der Waals surface area (Å²) in [6.07, 6.45) is 4.67. The van der Waals surface area contributed by atoms with Crippen LogP contribution in [0.5, 0.6) is 11.5 Å². The van der Waals surface area contributed by atoms with Gasteiger partial charge >= 0.3 is 12.1 Å². The molecule has 7 nitrogen and oxygen atoms in total. The van der Waals surface area contributed by atoms with Gasteiger partial charge in [-0.15, -0.1) is 0 Å². The summed E-state index contributed by atoms with van der Waals surface area (Å²) in [6.45, 7) is 5.32. The Kier molecular flexibility index (Phi) is 5.28. The Hall–Kier alpha value is -2.70. The number of para-hydroxylation sites is 1. The molecule has 1 aromatic carbocycles. The number of esters is 1. The summed E-state index contributed by atoms with van der Waals surface area (Å²) < 4.78 is 22.2. The van der Waals surface area contributed by atoms with Crippen molar-refractivity contribution in [2.24, 2.45) is 5.92 Å². The summed E-state index contributed by atoms with van der Waals surface area (Å²) >= 11 is 0. The van der Waals surface area contributed by atoms with Gasteiger partial charge in [-0.1, -0.05) is 18.2 Å². The number of rotatable bonds is 4. The minimum atomic E-state index is -1.03. The van der Waals surface area contributed by atoms with E-state index in [1.165, 1.54) is 0 Å². The summed E-state index contributed by atoms with van der Waals surface area (Å²) in [5.74, 6) is 0.268. The highest BCUT2D eigenvalue weighted by molar-refractivity contribution is 5.85. The molecule has 0 aromatic heterocycles. The van der Waals surface area contributed by atoms with E-state index in [0.29, 0.717) is 23.5 Å². The highest BCUT2D eigenvalue weighted by Gasteiger charge is 2.58. The Morgan fingerprint density at radius 1 is 1.25 bits per heavy atom. The first-order valence-electron chi connectivity index (χ1n) is 9.33. The number of amides is 1. The van der Waals surface area contributed by atoms with E-state index in [2.05, 4.69) is 5.32 Å². The van der Waals surface area contributed by atoms with Gasteiger partial charge in [0, 0.05) is 11.5 Å². The van der Waals surface area contributed by atoms with Crippen LogP contribution in [0.15, 0.2) is 30.4 Å². The first-order chi connectivity index (χ1) is 13.2. The van der Waals surface area contributed by atoms with Crippen molar-refractivity contribution in [3.05, 3.63) is 35.9 Å². The first kappa shape index (κ1) is 20.0. The van der Waals surface area contributed by atoms with Crippen molar-refractivity contribution in [3.8, 4) is 11.5 Å². The van der Waals surface area contributed by atoms with E-state index in [1.807, 2.05) is 24.3 Å². The minimum absolute atomic E-state index is 0.293. The number of methoxy groups -OCH3 is 2.